The molecule has 0 saturated heterocycles. The number of nitrogens with zero attached hydrogens (tertiary/aromatic N) is 1. The van der Waals surface area contributed by atoms with E-state index >= 15 is 0 Å². The summed E-state index contributed by atoms with van der Waals surface area (Å²) in [7, 11) is 0. The van der Waals surface area contributed by atoms with Crippen LogP contribution in [0.5, 0.6) is 0 Å². The molecule has 1 fully saturated rings. The minimum Gasteiger partial charge on any atom is -0.314 e. The van der Waals surface area contributed by atoms with E-state index in [9.17, 15) is 0 Å². The summed E-state index contributed by atoms with van der Waals surface area (Å²) >= 11 is 1.83. The first-order valence-corrected chi connectivity index (χ1v) is 7.81. The van der Waals surface area contributed by atoms with Gasteiger partial charge in [-0.2, -0.15) is 0 Å². The zero-order valence-corrected chi connectivity index (χ0v) is 12.4. The molecule has 0 unspecified atom stereocenters. The van der Waals surface area contributed by atoms with Crippen molar-refractivity contribution in [3.8, 4) is 11.3 Å². The van der Waals surface area contributed by atoms with Gasteiger partial charge in [0.05, 0.1) is 10.7 Å². The lowest BCUT2D eigenvalue weighted by Crippen LogP contribution is -2.19. The Hall–Kier alpha value is -1.19. The van der Waals surface area contributed by atoms with Crippen LogP contribution >= 0.6 is 11.3 Å². The third kappa shape index (κ3) is 3.23. The molecule has 0 amide bonds. The normalized spacial score (nSPS) is 14.8. The Morgan fingerprint density at radius 2 is 1.95 bits per heavy atom. The van der Waals surface area contributed by atoms with Crippen LogP contribution in [0.15, 0.2) is 24.3 Å². The van der Waals surface area contributed by atoms with Gasteiger partial charge in [0.1, 0.15) is 0 Å². The third-order valence-electron chi connectivity index (χ3n) is 3.52. The maximum absolute atomic E-state index is 4.81. The molecule has 100 valence electrons. The van der Waals surface area contributed by atoms with Gasteiger partial charge in [-0.25, -0.2) is 4.98 Å². The van der Waals surface area contributed by atoms with Crippen molar-refractivity contribution in [3.05, 3.63) is 39.7 Å². The fourth-order valence-electron chi connectivity index (χ4n) is 2.21. The molecule has 1 saturated carbocycles. The van der Waals surface area contributed by atoms with E-state index < -0.39 is 0 Å². The summed E-state index contributed by atoms with van der Waals surface area (Å²) < 4.78 is 0. The van der Waals surface area contributed by atoms with E-state index in [4.69, 9.17) is 4.98 Å². The van der Waals surface area contributed by atoms with E-state index in [2.05, 4.69) is 43.4 Å². The summed E-state index contributed by atoms with van der Waals surface area (Å²) in [5.74, 6) is 0. The molecule has 1 N–H and O–H groups in total. The molecule has 1 aromatic heterocycles. The summed E-state index contributed by atoms with van der Waals surface area (Å²) in [5.41, 5.74) is 3.69. The van der Waals surface area contributed by atoms with Crippen LogP contribution < -0.4 is 5.32 Å². The van der Waals surface area contributed by atoms with Gasteiger partial charge in [0, 0.05) is 29.4 Å². The lowest BCUT2D eigenvalue weighted by Gasteiger charge is -2.00. The SMILES string of the molecule is Cc1ccc(-c2nc(CCNC3CC3)sc2C)cc1. The van der Waals surface area contributed by atoms with Crippen molar-refractivity contribution in [2.45, 2.75) is 39.2 Å². The van der Waals surface area contributed by atoms with Gasteiger partial charge in [0.25, 0.3) is 0 Å². The molecule has 1 heterocycles. The van der Waals surface area contributed by atoms with E-state index in [0.717, 1.165) is 24.7 Å². The average molecular weight is 272 g/mol. The number of aromatic nitrogens is 1. The Bertz CT molecular complexity index is 553. The van der Waals surface area contributed by atoms with E-state index in [1.165, 1.54) is 33.9 Å². The highest BCUT2D eigenvalue weighted by Gasteiger charge is 2.20. The first kappa shape index (κ1) is 12.8. The van der Waals surface area contributed by atoms with E-state index in [1.807, 2.05) is 11.3 Å². The predicted molar refractivity (Wildman–Crippen MR) is 81.8 cm³/mol. The van der Waals surface area contributed by atoms with Crippen LogP contribution in [0.2, 0.25) is 0 Å². The largest absolute Gasteiger partial charge is 0.314 e. The molecule has 0 radical (unpaired) electrons. The van der Waals surface area contributed by atoms with Gasteiger partial charge in [0.15, 0.2) is 0 Å². The molecule has 19 heavy (non-hydrogen) atoms. The molecule has 0 bridgehead atoms. The predicted octanol–water partition coefficient (Wildman–Crippen LogP) is 3.72. The molecule has 1 aliphatic carbocycles. The molecule has 0 atom stereocenters. The summed E-state index contributed by atoms with van der Waals surface area (Å²) in [5, 5.41) is 4.80. The van der Waals surface area contributed by atoms with Crippen molar-refractivity contribution in [1.82, 2.24) is 10.3 Å². The van der Waals surface area contributed by atoms with Crippen molar-refractivity contribution in [2.24, 2.45) is 0 Å². The molecule has 3 rings (SSSR count). The van der Waals surface area contributed by atoms with Gasteiger partial charge in [-0.05, 0) is 26.7 Å². The number of benzene rings is 1. The monoisotopic (exact) mass is 272 g/mol. The minimum absolute atomic E-state index is 0.789. The second kappa shape index (κ2) is 5.43. The van der Waals surface area contributed by atoms with E-state index in [1.54, 1.807) is 0 Å². The second-order valence-electron chi connectivity index (χ2n) is 5.36. The van der Waals surface area contributed by atoms with Crippen molar-refractivity contribution >= 4 is 11.3 Å². The van der Waals surface area contributed by atoms with Crippen LogP contribution in [-0.2, 0) is 6.42 Å². The number of rotatable bonds is 5. The summed E-state index contributed by atoms with van der Waals surface area (Å²) in [6.45, 7) is 5.35. The number of thiazole rings is 1. The van der Waals surface area contributed by atoms with Crippen molar-refractivity contribution in [1.29, 1.82) is 0 Å². The maximum atomic E-state index is 4.81. The first-order chi connectivity index (χ1) is 9.22. The first-order valence-electron chi connectivity index (χ1n) is 6.99. The Morgan fingerprint density at radius 3 is 2.63 bits per heavy atom. The summed E-state index contributed by atoms with van der Waals surface area (Å²) in [4.78, 5) is 6.13. The van der Waals surface area contributed by atoms with Crippen molar-refractivity contribution in [2.75, 3.05) is 6.54 Å². The quantitative estimate of drug-likeness (QED) is 0.897. The maximum Gasteiger partial charge on any atom is 0.0948 e. The Kier molecular flexibility index (Phi) is 3.67. The topological polar surface area (TPSA) is 24.9 Å². The standard InChI is InChI=1S/C16H20N2S/c1-11-3-5-13(6-4-11)16-12(2)19-15(18-16)9-10-17-14-7-8-14/h3-6,14,17H,7-10H2,1-2H3. The van der Waals surface area contributed by atoms with E-state index in [0.29, 0.717) is 0 Å². The van der Waals surface area contributed by atoms with Gasteiger partial charge in [-0.15, -0.1) is 11.3 Å². The van der Waals surface area contributed by atoms with Gasteiger partial charge in [0.2, 0.25) is 0 Å². The number of nitrogens with one attached hydrogen (secondary N) is 1. The van der Waals surface area contributed by atoms with Crippen LogP contribution in [0, 0.1) is 13.8 Å². The number of hydrogen-bond acceptors (Lipinski definition) is 3. The molecule has 3 heteroatoms. The van der Waals surface area contributed by atoms with Gasteiger partial charge in [-0.1, -0.05) is 29.8 Å². The van der Waals surface area contributed by atoms with Gasteiger partial charge < -0.3 is 5.32 Å². The molecular weight excluding hydrogens is 252 g/mol. The Balaban J connectivity index is 1.70. The average Bonchev–Trinajstić information content (AvgIpc) is 3.14. The van der Waals surface area contributed by atoms with Crippen LogP contribution in [0.1, 0.15) is 28.3 Å². The van der Waals surface area contributed by atoms with Crippen LogP contribution in [-0.4, -0.2) is 17.6 Å². The van der Waals surface area contributed by atoms with Crippen LogP contribution in [0.25, 0.3) is 11.3 Å². The summed E-state index contributed by atoms with van der Waals surface area (Å²) in [6, 6.07) is 9.44. The minimum atomic E-state index is 0.789. The van der Waals surface area contributed by atoms with Crippen LogP contribution in [0.4, 0.5) is 0 Å². The fourth-order valence-corrected chi connectivity index (χ4v) is 3.16. The lowest BCUT2D eigenvalue weighted by atomic mass is 10.1. The molecule has 1 aromatic carbocycles. The molecule has 2 aromatic rings. The highest BCUT2D eigenvalue weighted by molar-refractivity contribution is 7.12. The Labute approximate surface area is 118 Å². The Morgan fingerprint density at radius 1 is 1.21 bits per heavy atom. The van der Waals surface area contributed by atoms with E-state index in [-0.39, 0.29) is 0 Å². The molecular formula is C16H20N2S. The van der Waals surface area contributed by atoms with Gasteiger partial charge >= 0.3 is 0 Å². The fraction of sp³-hybridized carbons (Fsp3) is 0.438. The zero-order valence-electron chi connectivity index (χ0n) is 11.6. The van der Waals surface area contributed by atoms with Crippen LogP contribution in [0.3, 0.4) is 0 Å². The summed E-state index contributed by atoms with van der Waals surface area (Å²) in [6.07, 6.45) is 3.75. The third-order valence-corrected chi connectivity index (χ3v) is 4.55. The second-order valence-corrected chi connectivity index (χ2v) is 6.64. The smallest absolute Gasteiger partial charge is 0.0948 e. The highest BCUT2D eigenvalue weighted by atomic mass is 32.1. The zero-order chi connectivity index (χ0) is 13.2. The number of aryl methyl sites for hydroxylation is 2. The van der Waals surface area contributed by atoms with Crippen molar-refractivity contribution in [3.63, 3.8) is 0 Å². The molecule has 0 aliphatic heterocycles. The molecule has 0 spiro atoms. The molecule has 2 nitrogen and oxygen atoms in total. The van der Waals surface area contributed by atoms with Crippen molar-refractivity contribution < 1.29 is 0 Å². The lowest BCUT2D eigenvalue weighted by molar-refractivity contribution is 0.680. The van der Waals surface area contributed by atoms with Gasteiger partial charge in [-0.3, -0.25) is 0 Å². The highest BCUT2D eigenvalue weighted by Crippen LogP contribution is 2.28. The number of hydrogen-bond donors (Lipinski definition) is 1. The molecule has 1 aliphatic rings.